The Morgan fingerprint density at radius 2 is 1.80 bits per heavy atom. The summed E-state index contributed by atoms with van der Waals surface area (Å²) in [6.45, 7) is -0.0611. The summed E-state index contributed by atoms with van der Waals surface area (Å²) in [6, 6.07) is 3.13. The molecule has 14 heteroatoms. The number of hydrogen-bond acceptors (Lipinski definition) is 5. The van der Waals surface area contributed by atoms with Crippen LogP contribution in [0.15, 0.2) is 24.5 Å². The SMILES string of the molecule is O=C(OC(C(F)(F)F)C(F)(F)F)N1CCC(CCN(c2cccnc2)[SH](=O)=O)CC1. The molecular weight excluding hydrogens is 444 g/mol. The van der Waals surface area contributed by atoms with Gasteiger partial charge in [0.25, 0.3) is 6.10 Å². The first-order valence-corrected chi connectivity index (χ1v) is 9.93. The Kier molecular flexibility index (Phi) is 7.77. The van der Waals surface area contributed by atoms with Gasteiger partial charge in [-0.2, -0.15) is 26.3 Å². The third-order valence-electron chi connectivity index (χ3n) is 4.58. The highest BCUT2D eigenvalue weighted by atomic mass is 32.2. The van der Waals surface area contributed by atoms with Gasteiger partial charge in [-0.1, -0.05) is 0 Å². The van der Waals surface area contributed by atoms with Crippen LogP contribution < -0.4 is 4.31 Å². The van der Waals surface area contributed by atoms with Gasteiger partial charge in [-0.05, 0) is 37.3 Å². The van der Waals surface area contributed by atoms with Crippen molar-refractivity contribution in [1.82, 2.24) is 9.88 Å². The predicted molar refractivity (Wildman–Crippen MR) is 93.2 cm³/mol. The molecule has 0 aliphatic carbocycles. The molecule has 1 saturated heterocycles. The zero-order valence-corrected chi connectivity index (χ0v) is 16.3. The lowest BCUT2D eigenvalue weighted by atomic mass is 9.94. The van der Waals surface area contributed by atoms with E-state index in [4.69, 9.17) is 0 Å². The van der Waals surface area contributed by atoms with Gasteiger partial charge in [0.05, 0.1) is 11.9 Å². The van der Waals surface area contributed by atoms with Gasteiger partial charge in [-0.3, -0.25) is 9.29 Å². The molecular formula is C16H19F6N3O4S. The molecule has 1 aliphatic heterocycles. The van der Waals surface area contributed by atoms with Crippen molar-refractivity contribution in [2.75, 3.05) is 23.9 Å². The van der Waals surface area contributed by atoms with Crippen LogP contribution in [0.1, 0.15) is 19.3 Å². The molecule has 0 N–H and O–H groups in total. The number of pyridine rings is 1. The molecule has 0 aromatic carbocycles. The topological polar surface area (TPSA) is 79.8 Å². The highest BCUT2D eigenvalue weighted by molar-refractivity contribution is 7.74. The lowest BCUT2D eigenvalue weighted by molar-refractivity contribution is -0.308. The first kappa shape index (κ1) is 24.0. The average molecular weight is 463 g/mol. The number of piperidine rings is 1. The van der Waals surface area contributed by atoms with Crippen LogP contribution in [0.2, 0.25) is 0 Å². The Hall–Kier alpha value is -2.25. The summed E-state index contributed by atoms with van der Waals surface area (Å²) in [4.78, 5) is 16.4. The molecule has 0 radical (unpaired) electrons. The van der Waals surface area contributed by atoms with Gasteiger partial charge >= 0.3 is 18.4 Å². The third-order valence-corrected chi connectivity index (χ3v) is 5.40. The monoisotopic (exact) mass is 463 g/mol. The quantitative estimate of drug-likeness (QED) is 0.518. The van der Waals surface area contributed by atoms with E-state index in [0.29, 0.717) is 12.1 Å². The molecule has 0 bridgehead atoms. The van der Waals surface area contributed by atoms with Crippen LogP contribution in [-0.4, -0.2) is 62.5 Å². The number of likely N-dealkylation sites (tertiary alicyclic amines) is 1. The van der Waals surface area contributed by atoms with Gasteiger partial charge < -0.3 is 9.64 Å². The molecule has 1 fully saturated rings. The number of aromatic nitrogens is 1. The Labute approximate surface area is 169 Å². The number of carbonyl (C=O) groups is 1. The lowest BCUT2D eigenvalue weighted by Gasteiger charge is -2.33. The Morgan fingerprint density at radius 3 is 2.27 bits per heavy atom. The second-order valence-corrected chi connectivity index (χ2v) is 7.60. The summed E-state index contributed by atoms with van der Waals surface area (Å²) in [7, 11) is -2.92. The molecule has 0 unspecified atom stereocenters. The van der Waals surface area contributed by atoms with E-state index >= 15 is 0 Å². The van der Waals surface area contributed by atoms with Gasteiger partial charge in [-0.25, -0.2) is 13.2 Å². The fourth-order valence-corrected chi connectivity index (χ4v) is 3.60. The van der Waals surface area contributed by atoms with Gasteiger partial charge in [0.1, 0.15) is 0 Å². The number of hydrogen-bond donors (Lipinski definition) is 1. The Balaban J connectivity index is 1.87. The molecule has 2 rings (SSSR count). The number of ether oxygens (including phenoxy) is 1. The van der Waals surface area contributed by atoms with E-state index in [9.17, 15) is 39.6 Å². The minimum atomic E-state index is -5.77. The minimum Gasteiger partial charge on any atom is -0.426 e. The van der Waals surface area contributed by atoms with Crippen LogP contribution in [0.25, 0.3) is 0 Å². The van der Waals surface area contributed by atoms with E-state index in [1.165, 1.54) is 12.4 Å². The van der Waals surface area contributed by atoms with Crippen LogP contribution in [0, 0.1) is 5.92 Å². The van der Waals surface area contributed by atoms with Gasteiger partial charge in [0.2, 0.25) is 10.9 Å². The van der Waals surface area contributed by atoms with Gasteiger partial charge in [0.15, 0.2) is 0 Å². The fourth-order valence-electron chi connectivity index (χ4n) is 3.02. The standard InChI is InChI=1S/C16H19F6N3O4S/c17-15(18,19)13(16(20,21)22)29-14(26)24-7-3-11(4-8-24)5-9-25(30(27)28)12-2-1-6-23-10-12/h1-2,6,10-11,13,30H,3-5,7-9H2. The second kappa shape index (κ2) is 9.71. The molecule has 7 nitrogen and oxygen atoms in total. The predicted octanol–water partition coefficient (Wildman–Crippen LogP) is 3.15. The molecule has 0 saturated carbocycles. The van der Waals surface area contributed by atoms with Crippen molar-refractivity contribution < 1.29 is 44.3 Å². The maximum atomic E-state index is 12.5. The van der Waals surface area contributed by atoms with E-state index in [-0.39, 0.29) is 38.4 Å². The van der Waals surface area contributed by atoms with Crippen LogP contribution >= 0.6 is 0 Å². The number of alkyl halides is 6. The number of amides is 1. The van der Waals surface area contributed by atoms with Gasteiger partial charge in [0, 0.05) is 25.8 Å². The van der Waals surface area contributed by atoms with Crippen molar-refractivity contribution in [2.24, 2.45) is 5.92 Å². The summed E-state index contributed by atoms with van der Waals surface area (Å²) < 4.78 is 103. The summed E-state index contributed by atoms with van der Waals surface area (Å²) in [5.41, 5.74) is 0.375. The van der Waals surface area contributed by atoms with Crippen LogP contribution in [0.4, 0.5) is 36.8 Å². The third kappa shape index (κ3) is 6.64. The average Bonchev–Trinajstić information content (AvgIpc) is 2.65. The lowest BCUT2D eigenvalue weighted by Crippen LogP contribution is -2.49. The maximum absolute atomic E-state index is 12.5. The number of nitrogens with zero attached hydrogens (tertiary/aromatic N) is 3. The summed E-state index contributed by atoms with van der Waals surface area (Å²) in [5.74, 6) is -0.0656. The van der Waals surface area contributed by atoms with E-state index in [0.717, 1.165) is 9.21 Å². The van der Waals surface area contributed by atoms with E-state index in [2.05, 4.69) is 9.72 Å². The zero-order chi connectivity index (χ0) is 22.5. The Morgan fingerprint density at radius 1 is 1.20 bits per heavy atom. The number of carbonyl (C=O) groups excluding carboxylic acids is 1. The van der Waals surface area contributed by atoms with Crippen molar-refractivity contribution in [3.05, 3.63) is 24.5 Å². The first-order chi connectivity index (χ1) is 13.9. The molecule has 30 heavy (non-hydrogen) atoms. The number of halogens is 6. The molecule has 0 atom stereocenters. The normalized spacial score (nSPS) is 16.2. The second-order valence-electron chi connectivity index (χ2n) is 6.64. The molecule has 0 spiro atoms. The van der Waals surface area contributed by atoms with Crippen molar-refractivity contribution in [2.45, 2.75) is 37.7 Å². The molecule has 170 valence electrons. The van der Waals surface area contributed by atoms with Crippen LogP contribution in [0.3, 0.4) is 0 Å². The Bertz CT molecular complexity index is 757. The zero-order valence-electron chi connectivity index (χ0n) is 15.4. The summed E-state index contributed by atoms with van der Waals surface area (Å²) >= 11 is 0. The van der Waals surface area contributed by atoms with Crippen molar-refractivity contribution in [1.29, 1.82) is 0 Å². The van der Waals surface area contributed by atoms with Crippen molar-refractivity contribution in [3.8, 4) is 0 Å². The molecule has 1 aromatic heterocycles. The smallest absolute Gasteiger partial charge is 0.426 e. The minimum absolute atomic E-state index is 0.0656. The first-order valence-electron chi connectivity index (χ1n) is 8.80. The van der Waals surface area contributed by atoms with Crippen LogP contribution in [-0.2, 0) is 15.6 Å². The molecule has 2 heterocycles. The van der Waals surface area contributed by atoms with E-state index < -0.39 is 35.4 Å². The molecule has 1 aliphatic rings. The number of anilines is 1. The summed E-state index contributed by atoms with van der Waals surface area (Å²) in [6.07, 6.45) is -13.6. The number of thiol groups is 1. The van der Waals surface area contributed by atoms with E-state index in [1.807, 2.05) is 0 Å². The largest absolute Gasteiger partial charge is 0.434 e. The maximum Gasteiger partial charge on any atom is 0.434 e. The number of rotatable bonds is 6. The highest BCUT2D eigenvalue weighted by Crippen LogP contribution is 2.36. The van der Waals surface area contributed by atoms with Crippen LogP contribution in [0.5, 0.6) is 0 Å². The van der Waals surface area contributed by atoms with Crippen molar-refractivity contribution >= 4 is 22.7 Å². The molecule has 1 aromatic rings. The highest BCUT2D eigenvalue weighted by Gasteiger charge is 2.60. The van der Waals surface area contributed by atoms with Gasteiger partial charge in [-0.15, -0.1) is 0 Å². The molecule has 1 amide bonds. The fraction of sp³-hybridized carbons (Fsp3) is 0.625. The van der Waals surface area contributed by atoms with E-state index in [1.54, 1.807) is 12.1 Å². The summed E-state index contributed by atoms with van der Waals surface area (Å²) in [5, 5.41) is 0. The van der Waals surface area contributed by atoms with Crippen molar-refractivity contribution in [3.63, 3.8) is 0 Å².